The van der Waals surface area contributed by atoms with Gasteiger partial charge in [0.25, 0.3) is 0 Å². The Bertz CT molecular complexity index is 297. The van der Waals surface area contributed by atoms with Crippen LogP contribution in [0.15, 0.2) is 25.3 Å². The third-order valence-corrected chi connectivity index (χ3v) is 2.68. The van der Waals surface area contributed by atoms with Crippen LogP contribution in [0.3, 0.4) is 0 Å². The lowest BCUT2D eigenvalue weighted by Crippen LogP contribution is -2.09. The molecule has 0 rings (SSSR count). The molecule has 0 bridgehead atoms. The average Bonchev–Trinajstić information content (AvgIpc) is 2.43. The molecule has 0 heterocycles. The number of carbonyl (C=O) groups is 2. The maximum absolute atomic E-state index is 10.9. The molecule has 4 heteroatoms. The standard InChI is InChI=1S/C15H24O4/c1-4-14(16)18-11-9-7-6-8-10-13(3)12-19-15(17)5-2/h4-5,13H,1-2,6-12H2,3H3. The smallest absolute Gasteiger partial charge is 0.330 e. The lowest BCUT2D eigenvalue weighted by Gasteiger charge is -2.10. The minimum Gasteiger partial charge on any atom is -0.463 e. The van der Waals surface area contributed by atoms with E-state index in [4.69, 9.17) is 9.47 Å². The summed E-state index contributed by atoms with van der Waals surface area (Å²) in [4.78, 5) is 21.6. The van der Waals surface area contributed by atoms with Crippen molar-refractivity contribution in [3.63, 3.8) is 0 Å². The van der Waals surface area contributed by atoms with Gasteiger partial charge in [0, 0.05) is 12.2 Å². The maximum atomic E-state index is 10.9. The lowest BCUT2D eigenvalue weighted by atomic mass is 10.0. The molecule has 0 aromatic heterocycles. The van der Waals surface area contributed by atoms with E-state index in [2.05, 4.69) is 20.1 Å². The zero-order chi connectivity index (χ0) is 14.5. The van der Waals surface area contributed by atoms with Gasteiger partial charge in [-0.2, -0.15) is 0 Å². The Balaban J connectivity index is 3.33. The fourth-order valence-electron chi connectivity index (χ4n) is 1.55. The van der Waals surface area contributed by atoms with Crippen molar-refractivity contribution in [2.24, 2.45) is 5.92 Å². The van der Waals surface area contributed by atoms with Gasteiger partial charge >= 0.3 is 11.9 Å². The van der Waals surface area contributed by atoms with Crippen molar-refractivity contribution < 1.29 is 19.1 Å². The molecule has 0 amide bonds. The molecule has 0 aliphatic rings. The Morgan fingerprint density at radius 2 is 1.58 bits per heavy atom. The monoisotopic (exact) mass is 268 g/mol. The summed E-state index contributed by atoms with van der Waals surface area (Å²) in [6.07, 6.45) is 7.46. The Hall–Kier alpha value is -1.58. The first kappa shape index (κ1) is 17.4. The van der Waals surface area contributed by atoms with Crippen LogP contribution in [0.4, 0.5) is 0 Å². The molecule has 0 saturated carbocycles. The number of ether oxygens (including phenoxy) is 2. The first-order valence-electron chi connectivity index (χ1n) is 6.68. The summed E-state index contributed by atoms with van der Waals surface area (Å²) in [5.41, 5.74) is 0. The van der Waals surface area contributed by atoms with Crippen molar-refractivity contribution in [3.8, 4) is 0 Å². The van der Waals surface area contributed by atoms with Crippen LogP contribution in [0, 0.1) is 5.92 Å². The first-order chi connectivity index (χ1) is 9.10. The van der Waals surface area contributed by atoms with Crippen molar-refractivity contribution in [1.29, 1.82) is 0 Å². The van der Waals surface area contributed by atoms with Crippen LogP contribution in [0.5, 0.6) is 0 Å². The van der Waals surface area contributed by atoms with E-state index in [-0.39, 0.29) is 11.9 Å². The number of esters is 2. The highest BCUT2D eigenvalue weighted by molar-refractivity contribution is 5.81. The van der Waals surface area contributed by atoms with Gasteiger partial charge in [-0.15, -0.1) is 0 Å². The molecule has 0 aliphatic heterocycles. The summed E-state index contributed by atoms with van der Waals surface area (Å²) in [6, 6.07) is 0. The van der Waals surface area contributed by atoms with E-state index in [1.165, 1.54) is 12.2 Å². The quantitative estimate of drug-likeness (QED) is 0.328. The van der Waals surface area contributed by atoms with Gasteiger partial charge in [0.15, 0.2) is 0 Å². The second kappa shape index (κ2) is 11.5. The molecule has 1 atom stereocenters. The molecule has 0 aliphatic carbocycles. The fraction of sp³-hybridized carbons (Fsp3) is 0.600. The van der Waals surface area contributed by atoms with Crippen LogP contribution in [0.25, 0.3) is 0 Å². The molecule has 0 aromatic rings. The summed E-state index contributed by atoms with van der Waals surface area (Å²) in [5, 5.41) is 0. The van der Waals surface area contributed by atoms with Gasteiger partial charge in [-0.25, -0.2) is 9.59 Å². The van der Waals surface area contributed by atoms with Gasteiger partial charge in [0.2, 0.25) is 0 Å². The Morgan fingerprint density at radius 1 is 1.00 bits per heavy atom. The minimum absolute atomic E-state index is 0.363. The van der Waals surface area contributed by atoms with Crippen molar-refractivity contribution in [2.75, 3.05) is 13.2 Å². The predicted molar refractivity (Wildman–Crippen MR) is 74.6 cm³/mol. The molecule has 1 unspecified atom stereocenters. The van der Waals surface area contributed by atoms with Crippen LogP contribution < -0.4 is 0 Å². The van der Waals surface area contributed by atoms with Crippen molar-refractivity contribution in [3.05, 3.63) is 25.3 Å². The van der Waals surface area contributed by atoms with E-state index in [1.807, 2.05) is 0 Å². The zero-order valence-electron chi connectivity index (χ0n) is 11.7. The fourth-order valence-corrected chi connectivity index (χ4v) is 1.55. The molecule has 0 fully saturated rings. The minimum atomic E-state index is -0.365. The van der Waals surface area contributed by atoms with Gasteiger partial charge < -0.3 is 9.47 Å². The highest BCUT2D eigenvalue weighted by Gasteiger charge is 2.04. The van der Waals surface area contributed by atoms with Crippen LogP contribution in [-0.2, 0) is 19.1 Å². The summed E-state index contributed by atoms with van der Waals surface area (Å²) in [7, 11) is 0. The van der Waals surface area contributed by atoms with Crippen LogP contribution in [0.1, 0.15) is 39.0 Å². The van der Waals surface area contributed by atoms with Gasteiger partial charge in [0.05, 0.1) is 13.2 Å². The van der Waals surface area contributed by atoms with Gasteiger partial charge in [-0.1, -0.05) is 39.3 Å². The molecule has 0 aromatic carbocycles. The van der Waals surface area contributed by atoms with E-state index < -0.39 is 0 Å². The van der Waals surface area contributed by atoms with Crippen LogP contribution >= 0.6 is 0 Å². The van der Waals surface area contributed by atoms with Crippen LogP contribution in [0.2, 0.25) is 0 Å². The predicted octanol–water partition coefficient (Wildman–Crippen LogP) is 3.03. The van der Waals surface area contributed by atoms with E-state index in [9.17, 15) is 9.59 Å². The lowest BCUT2D eigenvalue weighted by molar-refractivity contribution is -0.139. The Kier molecular flexibility index (Phi) is 10.6. The van der Waals surface area contributed by atoms with Crippen molar-refractivity contribution >= 4 is 11.9 Å². The van der Waals surface area contributed by atoms with Crippen molar-refractivity contribution in [1.82, 2.24) is 0 Å². The highest BCUT2D eigenvalue weighted by Crippen LogP contribution is 2.11. The van der Waals surface area contributed by atoms with E-state index in [0.29, 0.717) is 19.1 Å². The number of hydrogen-bond donors (Lipinski definition) is 0. The molecule has 0 spiro atoms. The zero-order valence-corrected chi connectivity index (χ0v) is 11.7. The molecule has 108 valence electrons. The first-order valence-corrected chi connectivity index (χ1v) is 6.68. The summed E-state index contributed by atoms with van der Waals surface area (Å²) < 4.78 is 9.84. The number of unbranched alkanes of at least 4 members (excludes halogenated alkanes) is 3. The summed E-state index contributed by atoms with van der Waals surface area (Å²) in [5.74, 6) is -0.365. The molecule has 19 heavy (non-hydrogen) atoms. The Morgan fingerprint density at radius 3 is 2.21 bits per heavy atom. The SMILES string of the molecule is C=CC(=O)OCCCCCCC(C)COC(=O)C=C. The average molecular weight is 268 g/mol. The molecule has 0 radical (unpaired) electrons. The van der Waals surface area contributed by atoms with E-state index in [0.717, 1.165) is 32.1 Å². The topological polar surface area (TPSA) is 52.6 Å². The second-order valence-corrected chi connectivity index (χ2v) is 4.51. The largest absolute Gasteiger partial charge is 0.463 e. The summed E-state index contributed by atoms with van der Waals surface area (Å²) >= 11 is 0. The second-order valence-electron chi connectivity index (χ2n) is 4.51. The third kappa shape index (κ3) is 11.3. The Labute approximate surface area is 115 Å². The molecular weight excluding hydrogens is 244 g/mol. The maximum Gasteiger partial charge on any atom is 0.330 e. The molecule has 0 N–H and O–H groups in total. The highest BCUT2D eigenvalue weighted by atomic mass is 16.5. The van der Waals surface area contributed by atoms with E-state index >= 15 is 0 Å². The van der Waals surface area contributed by atoms with Gasteiger partial charge in [-0.3, -0.25) is 0 Å². The number of carbonyl (C=O) groups excluding carboxylic acids is 2. The molecule has 0 saturated heterocycles. The number of hydrogen-bond acceptors (Lipinski definition) is 4. The number of rotatable bonds is 11. The van der Waals surface area contributed by atoms with Crippen LogP contribution in [-0.4, -0.2) is 25.2 Å². The van der Waals surface area contributed by atoms with E-state index in [1.54, 1.807) is 0 Å². The normalized spacial score (nSPS) is 11.4. The molecule has 4 nitrogen and oxygen atoms in total. The summed E-state index contributed by atoms with van der Waals surface area (Å²) in [6.45, 7) is 9.63. The van der Waals surface area contributed by atoms with Gasteiger partial charge in [0.1, 0.15) is 0 Å². The van der Waals surface area contributed by atoms with Gasteiger partial charge in [-0.05, 0) is 18.8 Å². The molecular formula is C15H24O4. The van der Waals surface area contributed by atoms with Crippen molar-refractivity contribution in [2.45, 2.75) is 39.0 Å². The third-order valence-electron chi connectivity index (χ3n) is 2.68.